The summed E-state index contributed by atoms with van der Waals surface area (Å²) >= 11 is 3.68. The van der Waals surface area contributed by atoms with Gasteiger partial charge in [0.1, 0.15) is 11.6 Å². The maximum Gasteiger partial charge on any atom is 0.126 e. The molecule has 0 aliphatic heterocycles. The second kappa shape index (κ2) is 6.89. The van der Waals surface area contributed by atoms with Crippen LogP contribution in [0.15, 0.2) is 42.5 Å². The van der Waals surface area contributed by atoms with E-state index in [2.05, 4.69) is 22.9 Å². The Balaban J connectivity index is 2.23. The number of hydrogen-bond acceptors (Lipinski definition) is 1. The molecule has 0 saturated carbocycles. The maximum absolute atomic E-state index is 13.3. The molecular weight excluding hydrogens is 319 g/mol. The van der Waals surface area contributed by atoms with Gasteiger partial charge in [0.2, 0.25) is 0 Å². The highest BCUT2D eigenvalue weighted by Gasteiger charge is 2.12. The summed E-state index contributed by atoms with van der Waals surface area (Å²) in [6.45, 7) is 4.57. The van der Waals surface area contributed by atoms with Gasteiger partial charge in [-0.15, -0.1) is 0 Å². The summed E-state index contributed by atoms with van der Waals surface area (Å²) in [4.78, 5) is 0.0342. The molecule has 3 heteroatoms. The van der Waals surface area contributed by atoms with Gasteiger partial charge in [-0.2, -0.15) is 0 Å². The highest BCUT2D eigenvalue weighted by molar-refractivity contribution is 9.09. The van der Waals surface area contributed by atoms with Crippen molar-refractivity contribution >= 4 is 15.9 Å². The molecule has 2 aromatic rings. The van der Waals surface area contributed by atoms with E-state index in [1.165, 1.54) is 6.07 Å². The smallest absolute Gasteiger partial charge is 0.126 e. The van der Waals surface area contributed by atoms with Gasteiger partial charge < -0.3 is 4.74 Å². The monoisotopic (exact) mass is 336 g/mol. The number of rotatable bonds is 5. The van der Waals surface area contributed by atoms with Crippen molar-refractivity contribution in [3.05, 3.63) is 65.0 Å². The van der Waals surface area contributed by atoms with Crippen molar-refractivity contribution in [1.29, 1.82) is 0 Å². The van der Waals surface area contributed by atoms with E-state index < -0.39 is 0 Å². The molecule has 0 aliphatic carbocycles. The van der Waals surface area contributed by atoms with Crippen molar-refractivity contribution in [1.82, 2.24) is 0 Å². The van der Waals surface area contributed by atoms with E-state index in [1.54, 1.807) is 13.0 Å². The Hall–Kier alpha value is -1.35. The normalized spacial score (nSPS) is 12.2. The molecule has 2 aromatic carbocycles. The van der Waals surface area contributed by atoms with Gasteiger partial charge in [-0.1, -0.05) is 47.1 Å². The highest BCUT2D eigenvalue weighted by Crippen LogP contribution is 2.33. The van der Waals surface area contributed by atoms with E-state index in [9.17, 15) is 4.39 Å². The molecule has 0 aromatic heterocycles. The van der Waals surface area contributed by atoms with E-state index in [-0.39, 0.29) is 10.6 Å². The van der Waals surface area contributed by atoms with Crippen molar-refractivity contribution < 1.29 is 9.13 Å². The molecule has 0 spiro atoms. The molecule has 20 heavy (non-hydrogen) atoms. The van der Waals surface area contributed by atoms with Crippen LogP contribution < -0.4 is 4.74 Å². The molecule has 0 aliphatic rings. The second-order valence-corrected chi connectivity index (χ2v) is 5.71. The molecule has 0 saturated heterocycles. The average molecular weight is 337 g/mol. The molecule has 1 atom stereocenters. The van der Waals surface area contributed by atoms with Gasteiger partial charge in [-0.3, -0.25) is 0 Å². The topological polar surface area (TPSA) is 9.23 Å². The van der Waals surface area contributed by atoms with Crippen LogP contribution in [-0.4, -0.2) is 6.61 Å². The van der Waals surface area contributed by atoms with Gasteiger partial charge in [-0.25, -0.2) is 4.39 Å². The number of ether oxygens (including phenoxy) is 1. The summed E-state index contributed by atoms with van der Waals surface area (Å²) in [5.74, 6) is 0.695. The zero-order valence-corrected chi connectivity index (χ0v) is 13.3. The summed E-state index contributed by atoms with van der Waals surface area (Å²) in [7, 11) is 0. The van der Waals surface area contributed by atoms with Crippen molar-refractivity contribution in [2.24, 2.45) is 0 Å². The highest BCUT2D eigenvalue weighted by atomic mass is 79.9. The molecule has 1 nitrogen and oxygen atoms in total. The molecule has 0 fully saturated rings. The minimum absolute atomic E-state index is 0.0342. The number of benzene rings is 2. The number of hydrogen-bond donors (Lipinski definition) is 0. The molecule has 1 unspecified atom stereocenters. The lowest BCUT2D eigenvalue weighted by Gasteiger charge is -2.13. The number of alkyl halides is 1. The van der Waals surface area contributed by atoms with Crippen molar-refractivity contribution in [3.63, 3.8) is 0 Å². The Morgan fingerprint density at radius 3 is 2.60 bits per heavy atom. The third-order valence-electron chi connectivity index (χ3n) is 3.10. The molecule has 2 rings (SSSR count). The molecule has 0 amide bonds. The van der Waals surface area contributed by atoms with Crippen LogP contribution in [0.5, 0.6) is 5.75 Å². The lowest BCUT2D eigenvalue weighted by molar-refractivity contribution is 0.317. The Bertz CT molecular complexity index is 583. The van der Waals surface area contributed by atoms with Crippen LogP contribution in [0.3, 0.4) is 0 Å². The molecule has 0 radical (unpaired) electrons. The van der Waals surface area contributed by atoms with Gasteiger partial charge in [0, 0.05) is 0 Å². The molecule has 0 bridgehead atoms. The second-order valence-electron chi connectivity index (χ2n) is 4.79. The third kappa shape index (κ3) is 3.60. The Morgan fingerprint density at radius 1 is 1.15 bits per heavy atom. The Kier molecular flexibility index (Phi) is 5.18. The van der Waals surface area contributed by atoms with Gasteiger partial charge in [0.05, 0.1) is 11.4 Å². The largest absolute Gasteiger partial charge is 0.494 e. The fraction of sp³-hybridized carbons (Fsp3) is 0.294. The van der Waals surface area contributed by atoms with Gasteiger partial charge in [0.15, 0.2) is 0 Å². The third-order valence-corrected chi connectivity index (χ3v) is 4.16. The lowest BCUT2D eigenvalue weighted by atomic mass is 10.0. The van der Waals surface area contributed by atoms with Crippen LogP contribution in [0.1, 0.15) is 34.9 Å². The van der Waals surface area contributed by atoms with Gasteiger partial charge in [0.25, 0.3) is 0 Å². The fourth-order valence-electron chi connectivity index (χ4n) is 2.00. The fourth-order valence-corrected chi connectivity index (χ4v) is 2.57. The quantitative estimate of drug-likeness (QED) is 0.663. The first kappa shape index (κ1) is 15.0. The zero-order chi connectivity index (χ0) is 14.5. The van der Waals surface area contributed by atoms with Crippen LogP contribution in [0.2, 0.25) is 0 Å². The van der Waals surface area contributed by atoms with Crippen molar-refractivity contribution in [2.45, 2.75) is 25.1 Å². The van der Waals surface area contributed by atoms with E-state index in [4.69, 9.17) is 4.74 Å². The van der Waals surface area contributed by atoms with Gasteiger partial charge in [-0.05, 0) is 48.2 Å². The number of aryl methyl sites for hydroxylation is 1. The van der Waals surface area contributed by atoms with E-state index in [1.807, 2.05) is 30.3 Å². The first-order chi connectivity index (χ1) is 9.61. The predicted molar refractivity (Wildman–Crippen MR) is 84.1 cm³/mol. The van der Waals surface area contributed by atoms with Gasteiger partial charge >= 0.3 is 0 Å². The van der Waals surface area contributed by atoms with E-state index in [0.29, 0.717) is 12.2 Å². The minimum atomic E-state index is -0.173. The first-order valence-electron chi connectivity index (χ1n) is 6.74. The summed E-state index contributed by atoms with van der Waals surface area (Å²) in [6.07, 6.45) is 0.985. The molecular formula is C17H18BrFO. The minimum Gasteiger partial charge on any atom is -0.494 e. The molecule has 0 N–H and O–H groups in total. The molecule has 0 heterocycles. The Morgan fingerprint density at radius 2 is 1.90 bits per heavy atom. The zero-order valence-electron chi connectivity index (χ0n) is 11.7. The van der Waals surface area contributed by atoms with E-state index >= 15 is 0 Å². The number of halogens is 2. The maximum atomic E-state index is 13.3. The Labute approximate surface area is 127 Å². The van der Waals surface area contributed by atoms with Crippen LogP contribution in [-0.2, 0) is 0 Å². The lowest BCUT2D eigenvalue weighted by Crippen LogP contribution is -1.98. The van der Waals surface area contributed by atoms with Crippen LogP contribution >= 0.6 is 15.9 Å². The predicted octanol–water partition coefficient (Wildman–Crippen LogP) is 5.41. The average Bonchev–Trinajstić information content (AvgIpc) is 2.47. The SMILES string of the molecule is CCCOc1cccc(C(Br)c2ccc(F)c(C)c2)c1. The van der Waals surface area contributed by atoms with Crippen LogP contribution in [0, 0.1) is 12.7 Å². The summed E-state index contributed by atoms with van der Waals surface area (Å²) in [6, 6.07) is 13.2. The molecule has 106 valence electrons. The van der Waals surface area contributed by atoms with Crippen molar-refractivity contribution in [3.8, 4) is 5.75 Å². The van der Waals surface area contributed by atoms with E-state index in [0.717, 1.165) is 23.3 Å². The standard InChI is InChI=1S/C17H18BrFO/c1-3-9-20-15-6-4-5-13(11-15)17(18)14-7-8-16(19)12(2)10-14/h4-8,10-11,17H,3,9H2,1-2H3. The van der Waals surface area contributed by atoms with Crippen molar-refractivity contribution in [2.75, 3.05) is 6.61 Å². The van der Waals surface area contributed by atoms with Crippen LogP contribution in [0.25, 0.3) is 0 Å². The first-order valence-corrected chi connectivity index (χ1v) is 7.66. The summed E-state index contributed by atoms with van der Waals surface area (Å²) < 4.78 is 19.0. The van der Waals surface area contributed by atoms with Crippen LogP contribution in [0.4, 0.5) is 4.39 Å². The summed E-state index contributed by atoms with van der Waals surface area (Å²) in [5, 5.41) is 0. The summed E-state index contributed by atoms with van der Waals surface area (Å²) in [5.41, 5.74) is 2.80.